The van der Waals surface area contributed by atoms with Crippen molar-refractivity contribution < 1.29 is 38.4 Å². The average molecular weight is 356 g/mol. The Balaban J connectivity index is 0. The van der Waals surface area contributed by atoms with Gasteiger partial charge in [0, 0.05) is 5.56 Å². The molecule has 0 N–H and O–H groups in total. The maximum Gasteiger partial charge on any atom is 2.00 e. The monoisotopic (exact) mass is 354 g/mol. The average Bonchev–Trinajstić information content (AvgIpc) is 2.20. The van der Waals surface area contributed by atoms with Crippen molar-refractivity contribution in [2.45, 2.75) is 0 Å². The first kappa shape index (κ1) is 18.5. The molecule has 2 rings (SSSR count). The first-order chi connectivity index (χ1) is 6.38. The van der Waals surface area contributed by atoms with E-state index in [1.165, 1.54) is 6.07 Å². The quantitative estimate of drug-likeness (QED) is 0.482. The number of halogens is 3. The molecule has 0 amide bonds. The van der Waals surface area contributed by atoms with Gasteiger partial charge in [-0.05, 0) is 11.6 Å². The molecule has 0 spiro atoms. The third kappa shape index (κ3) is 4.53. The first-order valence-electron chi connectivity index (χ1n) is 4.18. The standard InChI is InChI=1S/C12H9F.2BrH.Mg/c13-12-9-5-4-8-11(12)10-6-2-1-3-7-10;;;/h1-9H;2*1H;/q;;;+2/p-2. The summed E-state index contributed by atoms with van der Waals surface area (Å²) in [5, 5.41) is 0. The second-order valence-corrected chi connectivity index (χ2v) is 2.85. The first-order valence-corrected chi connectivity index (χ1v) is 4.18. The molecule has 2 aromatic carbocycles. The van der Waals surface area contributed by atoms with Crippen LogP contribution >= 0.6 is 0 Å². The minimum atomic E-state index is -0.172. The molecular formula is C12H9Br2FMg. The van der Waals surface area contributed by atoms with Crippen LogP contribution in [0.2, 0.25) is 0 Å². The Morgan fingerprint density at radius 3 is 1.75 bits per heavy atom. The summed E-state index contributed by atoms with van der Waals surface area (Å²) in [5.74, 6) is -0.172. The Labute approximate surface area is 132 Å². The minimum Gasteiger partial charge on any atom is -1.00 e. The van der Waals surface area contributed by atoms with E-state index in [4.69, 9.17) is 0 Å². The summed E-state index contributed by atoms with van der Waals surface area (Å²) in [4.78, 5) is 0. The molecule has 0 aromatic heterocycles. The van der Waals surface area contributed by atoms with Crippen molar-refractivity contribution in [1.29, 1.82) is 0 Å². The number of hydrogen-bond donors (Lipinski definition) is 0. The SMILES string of the molecule is Fc1ccccc1-c1ccccc1.[Br-].[Br-].[Mg+2]. The predicted octanol–water partition coefficient (Wildman–Crippen LogP) is -2.88. The minimum absolute atomic E-state index is 0. The zero-order chi connectivity index (χ0) is 9.10. The smallest absolute Gasteiger partial charge is 1.00 e. The molecule has 16 heavy (non-hydrogen) atoms. The third-order valence-corrected chi connectivity index (χ3v) is 1.96. The Morgan fingerprint density at radius 2 is 1.19 bits per heavy atom. The largest absolute Gasteiger partial charge is 2.00 e. The fourth-order valence-corrected chi connectivity index (χ4v) is 1.31. The normalized spacial score (nSPS) is 8.06. The van der Waals surface area contributed by atoms with E-state index in [1.54, 1.807) is 12.1 Å². The van der Waals surface area contributed by atoms with Gasteiger partial charge in [0.2, 0.25) is 0 Å². The van der Waals surface area contributed by atoms with Crippen LogP contribution in [0, 0.1) is 5.82 Å². The van der Waals surface area contributed by atoms with Crippen LogP contribution in [0.15, 0.2) is 54.6 Å². The third-order valence-electron chi connectivity index (χ3n) is 1.96. The molecule has 0 aliphatic rings. The van der Waals surface area contributed by atoms with Gasteiger partial charge in [-0.3, -0.25) is 0 Å². The van der Waals surface area contributed by atoms with Gasteiger partial charge in [-0.1, -0.05) is 48.5 Å². The zero-order valence-corrected chi connectivity index (χ0v) is 13.1. The molecule has 4 heteroatoms. The molecule has 0 bridgehead atoms. The van der Waals surface area contributed by atoms with E-state index in [0.717, 1.165) is 5.56 Å². The van der Waals surface area contributed by atoms with Crippen LogP contribution in [-0.2, 0) is 0 Å². The van der Waals surface area contributed by atoms with Crippen LogP contribution < -0.4 is 34.0 Å². The van der Waals surface area contributed by atoms with Gasteiger partial charge in [0.25, 0.3) is 0 Å². The van der Waals surface area contributed by atoms with E-state index < -0.39 is 0 Å². The van der Waals surface area contributed by atoms with Crippen LogP contribution in [-0.4, -0.2) is 23.1 Å². The van der Waals surface area contributed by atoms with Crippen molar-refractivity contribution in [3.05, 3.63) is 60.4 Å². The van der Waals surface area contributed by atoms with Gasteiger partial charge in [0.15, 0.2) is 0 Å². The van der Waals surface area contributed by atoms with Gasteiger partial charge >= 0.3 is 23.1 Å². The summed E-state index contributed by atoms with van der Waals surface area (Å²) in [5.41, 5.74) is 1.57. The van der Waals surface area contributed by atoms with E-state index in [1.807, 2.05) is 36.4 Å². The van der Waals surface area contributed by atoms with E-state index >= 15 is 0 Å². The van der Waals surface area contributed by atoms with Crippen LogP contribution in [0.25, 0.3) is 11.1 Å². The Kier molecular flexibility index (Phi) is 10.6. The second-order valence-electron chi connectivity index (χ2n) is 2.85. The van der Waals surface area contributed by atoms with Gasteiger partial charge in [-0.2, -0.15) is 0 Å². The number of benzene rings is 2. The molecule has 0 radical (unpaired) electrons. The van der Waals surface area contributed by atoms with Gasteiger partial charge in [0.05, 0.1) is 0 Å². The molecule has 0 aliphatic heterocycles. The number of hydrogen-bond acceptors (Lipinski definition) is 0. The molecule has 0 heterocycles. The predicted molar refractivity (Wildman–Crippen MR) is 57.6 cm³/mol. The molecule has 0 aliphatic carbocycles. The van der Waals surface area contributed by atoms with E-state index in [9.17, 15) is 4.39 Å². The Morgan fingerprint density at radius 1 is 0.688 bits per heavy atom. The molecule has 0 saturated carbocycles. The van der Waals surface area contributed by atoms with Gasteiger partial charge in [0.1, 0.15) is 5.82 Å². The molecule has 2 aromatic rings. The van der Waals surface area contributed by atoms with Crippen molar-refractivity contribution in [3.8, 4) is 11.1 Å². The van der Waals surface area contributed by atoms with E-state index in [0.29, 0.717) is 5.56 Å². The van der Waals surface area contributed by atoms with Crippen molar-refractivity contribution in [1.82, 2.24) is 0 Å². The topological polar surface area (TPSA) is 0 Å². The summed E-state index contributed by atoms with van der Waals surface area (Å²) in [6.07, 6.45) is 0. The molecular weight excluding hydrogens is 347 g/mol. The zero-order valence-electron chi connectivity index (χ0n) is 8.54. The van der Waals surface area contributed by atoms with Crippen LogP contribution in [0.5, 0.6) is 0 Å². The summed E-state index contributed by atoms with van der Waals surface area (Å²) in [6.45, 7) is 0. The van der Waals surface area contributed by atoms with Crippen molar-refractivity contribution in [2.75, 3.05) is 0 Å². The van der Waals surface area contributed by atoms with Crippen LogP contribution in [0.3, 0.4) is 0 Å². The fourth-order valence-electron chi connectivity index (χ4n) is 1.31. The fraction of sp³-hybridized carbons (Fsp3) is 0. The van der Waals surface area contributed by atoms with Crippen molar-refractivity contribution in [3.63, 3.8) is 0 Å². The Bertz CT molecular complexity index is 407. The van der Waals surface area contributed by atoms with E-state index in [2.05, 4.69) is 0 Å². The van der Waals surface area contributed by atoms with Crippen LogP contribution in [0.1, 0.15) is 0 Å². The van der Waals surface area contributed by atoms with Gasteiger partial charge in [-0.15, -0.1) is 0 Å². The summed E-state index contributed by atoms with van der Waals surface area (Å²) >= 11 is 0. The van der Waals surface area contributed by atoms with E-state index in [-0.39, 0.29) is 62.8 Å². The molecule has 0 unspecified atom stereocenters. The van der Waals surface area contributed by atoms with Crippen molar-refractivity contribution in [2.24, 2.45) is 0 Å². The van der Waals surface area contributed by atoms with Crippen molar-refractivity contribution >= 4 is 23.1 Å². The Hall–Kier alpha value is 0.0962. The summed E-state index contributed by atoms with van der Waals surface area (Å²) < 4.78 is 13.3. The van der Waals surface area contributed by atoms with Gasteiger partial charge in [-0.25, -0.2) is 4.39 Å². The van der Waals surface area contributed by atoms with Gasteiger partial charge < -0.3 is 34.0 Å². The second kappa shape index (κ2) is 9.16. The molecule has 0 atom stereocenters. The van der Waals surface area contributed by atoms with Crippen LogP contribution in [0.4, 0.5) is 4.39 Å². The molecule has 0 saturated heterocycles. The molecule has 0 fully saturated rings. The maximum atomic E-state index is 13.3. The molecule has 80 valence electrons. The number of rotatable bonds is 1. The maximum absolute atomic E-state index is 13.3. The summed E-state index contributed by atoms with van der Waals surface area (Å²) in [6, 6.07) is 16.3. The summed E-state index contributed by atoms with van der Waals surface area (Å²) in [7, 11) is 0. The molecule has 0 nitrogen and oxygen atoms in total.